The van der Waals surface area contributed by atoms with E-state index >= 15 is 0 Å². The minimum absolute atomic E-state index is 0.0246. The van der Waals surface area contributed by atoms with Gasteiger partial charge >= 0.3 is 6.03 Å². The highest BCUT2D eigenvalue weighted by Gasteiger charge is 2.40. The van der Waals surface area contributed by atoms with E-state index in [1.54, 1.807) is 23.7 Å². The first-order chi connectivity index (χ1) is 12.6. The average Bonchev–Trinajstić information content (AvgIpc) is 2.90. The van der Waals surface area contributed by atoms with E-state index in [2.05, 4.69) is 31.3 Å². The van der Waals surface area contributed by atoms with Crippen molar-refractivity contribution in [1.29, 1.82) is 0 Å². The van der Waals surface area contributed by atoms with E-state index in [1.165, 1.54) is 11.1 Å². The van der Waals surface area contributed by atoms with Crippen LogP contribution in [0.3, 0.4) is 0 Å². The number of aryl methyl sites for hydroxylation is 1. The topological polar surface area (TPSA) is 52.6 Å². The Morgan fingerprint density at radius 1 is 1.30 bits per heavy atom. The minimum atomic E-state index is -0.253. The lowest BCUT2D eigenvalue weighted by Gasteiger charge is -2.28. The van der Waals surface area contributed by atoms with E-state index in [9.17, 15) is 9.59 Å². The summed E-state index contributed by atoms with van der Waals surface area (Å²) in [6.07, 6.45) is 1.61. The van der Waals surface area contributed by atoms with Crippen LogP contribution in [0.5, 0.6) is 0 Å². The first-order valence-corrected chi connectivity index (χ1v) is 10.6. The summed E-state index contributed by atoms with van der Waals surface area (Å²) in [6.45, 7) is 11.4. The van der Waals surface area contributed by atoms with E-state index < -0.39 is 0 Å². The molecular weight excluding hydrogens is 358 g/mol. The average molecular weight is 392 g/mol. The maximum atomic E-state index is 12.8. The van der Waals surface area contributed by atoms with Crippen molar-refractivity contribution < 1.29 is 9.59 Å². The Bertz CT molecular complexity index is 672. The Labute approximate surface area is 167 Å². The Kier molecular flexibility index (Phi) is 7.20. The fourth-order valence-corrected chi connectivity index (χ4v) is 4.71. The third-order valence-electron chi connectivity index (χ3n) is 4.68. The molecule has 2 unspecified atom stereocenters. The quantitative estimate of drug-likeness (QED) is 0.791. The third kappa shape index (κ3) is 5.64. The van der Waals surface area contributed by atoms with Gasteiger partial charge in [0, 0.05) is 25.7 Å². The monoisotopic (exact) mass is 391 g/mol. The summed E-state index contributed by atoms with van der Waals surface area (Å²) in [5, 5.41) is 3.06. The molecular formula is C21H33N3O2S. The SMILES string of the molecule is CCC1SC(c2ccccc2C)N(CCCN(C)C(=O)NC(C)(C)C)C1=O. The molecule has 1 fully saturated rings. The van der Waals surface area contributed by atoms with Crippen molar-refractivity contribution in [1.82, 2.24) is 15.1 Å². The fourth-order valence-electron chi connectivity index (χ4n) is 3.19. The maximum absolute atomic E-state index is 12.8. The predicted molar refractivity (Wildman–Crippen MR) is 113 cm³/mol. The van der Waals surface area contributed by atoms with Crippen LogP contribution < -0.4 is 5.32 Å². The van der Waals surface area contributed by atoms with Crippen LogP contribution in [0.2, 0.25) is 0 Å². The van der Waals surface area contributed by atoms with Crippen molar-refractivity contribution in [2.75, 3.05) is 20.1 Å². The predicted octanol–water partition coefficient (Wildman–Crippen LogP) is 4.18. The van der Waals surface area contributed by atoms with Crippen molar-refractivity contribution in [3.8, 4) is 0 Å². The van der Waals surface area contributed by atoms with Gasteiger partial charge in [-0.1, -0.05) is 31.2 Å². The highest BCUT2D eigenvalue weighted by Crippen LogP contribution is 2.45. The van der Waals surface area contributed by atoms with Crippen LogP contribution in [0.15, 0.2) is 24.3 Å². The van der Waals surface area contributed by atoms with Gasteiger partial charge in [0.15, 0.2) is 0 Å². The molecule has 150 valence electrons. The number of carbonyl (C=O) groups is 2. The van der Waals surface area contributed by atoms with Gasteiger partial charge < -0.3 is 15.1 Å². The zero-order valence-corrected chi connectivity index (χ0v) is 18.2. The number of rotatable bonds is 6. The molecule has 1 aliphatic rings. The maximum Gasteiger partial charge on any atom is 0.317 e. The van der Waals surface area contributed by atoms with Gasteiger partial charge in [-0.25, -0.2) is 4.79 Å². The van der Waals surface area contributed by atoms with E-state index in [0.29, 0.717) is 13.1 Å². The molecule has 1 aromatic carbocycles. The molecule has 0 spiro atoms. The summed E-state index contributed by atoms with van der Waals surface area (Å²) in [5.74, 6) is 0.220. The van der Waals surface area contributed by atoms with Crippen molar-refractivity contribution in [2.45, 2.75) is 63.6 Å². The van der Waals surface area contributed by atoms with Gasteiger partial charge in [0.1, 0.15) is 5.37 Å². The number of amides is 3. The standard InChI is InChI=1S/C21H33N3O2S/c1-7-17-18(25)24(19(27-17)16-12-9-8-11-15(16)2)14-10-13-23(6)20(26)22-21(3,4)5/h8-9,11-12,17,19H,7,10,13-14H2,1-6H3,(H,22,26). The molecule has 2 atom stereocenters. The molecule has 2 rings (SSSR count). The van der Waals surface area contributed by atoms with Crippen LogP contribution in [-0.2, 0) is 4.79 Å². The molecule has 1 saturated heterocycles. The van der Waals surface area contributed by atoms with Gasteiger partial charge in [-0.2, -0.15) is 0 Å². The van der Waals surface area contributed by atoms with Crippen molar-refractivity contribution >= 4 is 23.7 Å². The van der Waals surface area contributed by atoms with Crippen molar-refractivity contribution in [2.24, 2.45) is 0 Å². The number of nitrogens with one attached hydrogen (secondary N) is 1. The molecule has 27 heavy (non-hydrogen) atoms. The van der Waals surface area contributed by atoms with E-state index in [1.807, 2.05) is 37.8 Å². The smallest absolute Gasteiger partial charge is 0.317 e. The normalized spacial score (nSPS) is 20.1. The summed E-state index contributed by atoms with van der Waals surface area (Å²) in [4.78, 5) is 28.7. The summed E-state index contributed by atoms with van der Waals surface area (Å²) < 4.78 is 0. The zero-order chi connectivity index (χ0) is 20.2. The second kappa shape index (κ2) is 9.00. The largest absolute Gasteiger partial charge is 0.333 e. The molecule has 5 nitrogen and oxygen atoms in total. The van der Waals surface area contributed by atoms with Crippen LogP contribution in [0.1, 0.15) is 57.0 Å². The van der Waals surface area contributed by atoms with Gasteiger partial charge in [0.2, 0.25) is 5.91 Å². The molecule has 3 amide bonds. The number of hydrogen-bond donors (Lipinski definition) is 1. The zero-order valence-electron chi connectivity index (χ0n) is 17.4. The van der Waals surface area contributed by atoms with Crippen LogP contribution >= 0.6 is 11.8 Å². The summed E-state index contributed by atoms with van der Waals surface area (Å²) >= 11 is 1.75. The van der Waals surface area contributed by atoms with Gasteiger partial charge in [-0.05, 0) is 51.7 Å². The van der Waals surface area contributed by atoms with Crippen LogP contribution in [0.4, 0.5) is 4.79 Å². The number of hydrogen-bond acceptors (Lipinski definition) is 3. The molecule has 1 aliphatic heterocycles. The van der Waals surface area contributed by atoms with Crippen molar-refractivity contribution in [3.05, 3.63) is 35.4 Å². The molecule has 0 radical (unpaired) electrons. The minimum Gasteiger partial charge on any atom is -0.333 e. The Morgan fingerprint density at radius 2 is 1.96 bits per heavy atom. The Balaban J connectivity index is 2.01. The molecule has 0 bridgehead atoms. The lowest BCUT2D eigenvalue weighted by molar-refractivity contribution is -0.130. The number of thioether (sulfide) groups is 1. The van der Waals surface area contributed by atoms with Crippen LogP contribution in [0, 0.1) is 6.92 Å². The molecule has 0 aromatic heterocycles. The first kappa shape index (κ1) is 21.6. The van der Waals surface area contributed by atoms with Crippen molar-refractivity contribution in [3.63, 3.8) is 0 Å². The van der Waals surface area contributed by atoms with E-state index in [0.717, 1.165) is 12.8 Å². The summed E-state index contributed by atoms with van der Waals surface area (Å²) in [7, 11) is 1.80. The van der Waals surface area contributed by atoms with Gasteiger partial charge in [0.25, 0.3) is 0 Å². The second-order valence-corrected chi connectivity index (χ2v) is 9.52. The highest BCUT2D eigenvalue weighted by atomic mass is 32.2. The van der Waals surface area contributed by atoms with Crippen LogP contribution in [0.25, 0.3) is 0 Å². The lowest BCUT2D eigenvalue weighted by atomic mass is 10.1. The molecule has 1 aromatic rings. The van der Waals surface area contributed by atoms with Gasteiger partial charge in [-0.15, -0.1) is 11.8 Å². The summed E-state index contributed by atoms with van der Waals surface area (Å²) in [5.41, 5.74) is 2.17. The second-order valence-electron chi connectivity index (χ2n) is 8.23. The number of carbonyl (C=O) groups excluding carboxylic acids is 2. The third-order valence-corrected chi connectivity index (χ3v) is 6.31. The molecule has 0 saturated carbocycles. The van der Waals surface area contributed by atoms with Crippen LogP contribution in [-0.4, -0.2) is 52.7 Å². The van der Waals surface area contributed by atoms with E-state index in [4.69, 9.17) is 0 Å². The highest BCUT2D eigenvalue weighted by molar-refractivity contribution is 8.01. The molecule has 1 N–H and O–H groups in total. The number of nitrogens with zero attached hydrogens (tertiary/aromatic N) is 2. The Hall–Kier alpha value is -1.69. The lowest BCUT2D eigenvalue weighted by Crippen LogP contribution is -2.47. The van der Waals surface area contributed by atoms with Gasteiger partial charge in [-0.3, -0.25) is 4.79 Å². The molecule has 1 heterocycles. The first-order valence-electron chi connectivity index (χ1n) is 9.68. The number of benzene rings is 1. The molecule has 0 aliphatic carbocycles. The van der Waals surface area contributed by atoms with Gasteiger partial charge in [0.05, 0.1) is 5.25 Å². The Morgan fingerprint density at radius 3 is 2.56 bits per heavy atom. The molecule has 6 heteroatoms. The fraction of sp³-hybridized carbons (Fsp3) is 0.619. The summed E-state index contributed by atoms with van der Waals surface area (Å²) in [6, 6.07) is 8.21. The van der Waals surface area contributed by atoms with E-state index in [-0.39, 0.29) is 28.1 Å². The number of urea groups is 1.